The second-order valence-corrected chi connectivity index (χ2v) is 8.76. The molecule has 0 fully saturated rings. The van der Waals surface area contributed by atoms with E-state index in [2.05, 4.69) is 10.2 Å². The van der Waals surface area contributed by atoms with Crippen molar-refractivity contribution < 1.29 is 18.7 Å². The Kier molecular flexibility index (Phi) is 7.50. The minimum atomic E-state index is -1.39. The normalized spacial score (nSPS) is 13.0. The monoisotopic (exact) mass is 463 g/mol. The summed E-state index contributed by atoms with van der Waals surface area (Å²) in [5, 5.41) is 3.01. The standard InChI is InChI=1S/C26H26FN3O4/c1-17(18-8-6-5-7-9-18)30(25(32)34-26(2,3)4)22-16-20(14-15-28-22)23(29-33)24(31)19-10-12-21(27)13-11-19/h5-17,23H,1-4H3. The molecule has 2 atom stereocenters. The molecule has 2 unspecified atom stereocenters. The maximum atomic E-state index is 13.3. The van der Waals surface area contributed by atoms with Crippen LogP contribution in [0.1, 0.15) is 61.3 Å². The molecule has 0 bridgehead atoms. The lowest BCUT2D eigenvalue weighted by molar-refractivity contribution is 0.0566. The molecular weight excluding hydrogens is 437 g/mol. The number of nitroso groups, excluding NO2 is 1. The average molecular weight is 464 g/mol. The summed E-state index contributed by atoms with van der Waals surface area (Å²) in [5.41, 5.74) is 0.483. The van der Waals surface area contributed by atoms with E-state index in [1.165, 1.54) is 35.4 Å². The Morgan fingerprint density at radius 2 is 1.65 bits per heavy atom. The maximum absolute atomic E-state index is 13.3. The Morgan fingerprint density at radius 3 is 2.24 bits per heavy atom. The number of ether oxygens (including phenoxy) is 1. The van der Waals surface area contributed by atoms with Crippen molar-refractivity contribution in [2.24, 2.45) is 5.18 Å². The third kappa shape index (κ3) is 5.89. The van der Waals surface area contributed by atoms with Crippen LogP contribution in [0.15, 0.2) is 78.1 Å². The van der Waals surface area contributed by atoms with E-state index in [1.54, 1.807) is 20.8 Å². The van der Waals surface area contributed by atoms with Gasteiger partial charge >= 0.3 is 6.09 Å². The first-order valence-corrected chi connectivity index (χ1v) is 10.8. The molecule has 0 saturated carbocycles. The summed E-state index contributed by atoms with van der Waals surface area (Å²) in [6, 6.07) is 15.3. The highest BCUT2D eigenvalue weighted by atomic mass is 19.1. The van der Waals surface area contributed by atoms with E-state index in [4.69, 9.17) is 4.74 Å². The number of halogens is 1. The van der Waals surface area contributed by atoms with Gasteiger partial charge in [-0.1, -0.05) is 35.5 Å². The van der Waals surface area contributed by atoms with E-state index in [-0.39, 0.29) is 16.9 Å². The van der Waals surface area contributed by atoms with Crippen LogP contribution in [-0.2, 0) is 4.74 Å². The summed E-state index contributed by atoms with van der Waals surface area (Å²) in [6.45, 7) is 7.10. The van der Waals surface area contributed by atoms with Crippen molar-refractivity contribution in [1.82, 2.24) is 4.98 Å². The SMILES string of the molecule is CC(c1ccccc1)N(C(=O)OC(C)(C)C)c1cc(C(N=O)C(=O)c2ccc(F)cc2)ccn1. The van der Waals surface area contributed by atoms with Gasteiger partial charge in [-0.3, -0.25) is 9.69 Å². The second-order valence-electron chi connectivity index (χ2n) is 8.76. The van der Waals surface area contributed by atoms with Gasteiger partial charge in [-0.25, -0.2) is 14.2 Å². The molecule has 0 aliphatic rings. The third-order valence-electron chi connectivity index (χ3n) is 5.07. The molecule has 176 valence electrons. The fraction of sp³-hybridized carbons (Fsp3) is 0.269. The molecule has 0 N–H and O–H groups in total. The molecule has 7 nitrogen and oxygen atoms in total. The van der Waals surface area contributed by atoms with Crippen molar-refractivity contribution in [3.63, 3.8) is 0 Å². The van der Waals surface area contributed by atoms with Gasteiger partial charge in [-0.2, -0.15) is 0 Å². The molecule has 3 rings (SSSR count). The van der Waals surface area contributed by atoms with Crippen molar-refractivity contribution in [1.29, 1.82) is 0 Å². The van der Waals surface area contributed by atoms with Gasteiger partial charge in [0.05, 0.1) is 6.04 Å². The van der Waals surface area contributed by atoms with Crippen molar-refractivity contribution in [2.45, 2.75) is 45.4 Å². The van der Waals surface area contributed by atoms with Crippen LogP contribution in [0.4, 0.5) is 15.0 Å². The van der Waals surface area contributed by atoms with Gasteiger partial charge in [0.25, 0.3) is 0 Å². The highest BCUT2D eigenvalue weighted by Crippen LogP contribution is 2.31. The van der Waals surface area contributed by atoms with Crippen LogP contribution in [0.5, 0.6) is 0 Å². The van der Waals surface area contributed by atoms with Gasteiger partial charge in [0.2, 0.25) is 0 Å². The minimum absolute atomic E-state index is 0.144. The van der Waals surface area contributed by atoms with E-state index in [9.17, 15) is 18.9 Å². The lowest BCUT2D eigenvalue weighted by Gasteiger charge is -2.31. The number of carbonyl (C=O) groups is 2. The molecule has 0 spiro atoms. The molecule has 34 heavy (non-hydrogen) atoms. The lowest BCUT2D eigenvalue weighted by Crippen LogP contribution is -2.39. The van der Waals surface area contributed by atoms with Crippen molar-refractivity contribution in [3.8, 4) is 0 Å². The molecule has 0 aliphatic heterocycles. The van der Waals surface area contributed by atoms with Crippen molar-refractivity contribution in [3.05, 3.63) is 100 Å². The molecule has 2 aromatic carbocycles. The fourth-order valence-electron chi connectivity index (χ4n) is 3.41. The largest absolute Gasteiger partial charge is 0.443 e. The smallest absolute Gasteiger partial charge is 0.416 e. The van der Waals surface area contributed by atoms with Crippen LogP contribution >= 0.6 is 0 Å². The van der Waals surface area contributed by atoms with Crippen molar-refractivity contribution in [2.75, 3.05) is 4.90 Å². The summed E-state index contributed by atoms with van der Waals surface area (Å²) in [7, 11) is 0. The number of hydrogen-bond donors (Lipinski definition) is 0. The summed E-state index contributed by atoms with van der Waals surface area (Å²) >= 11 is 0. The van der Waals surface area contributed by atoms with Crippen LogP contribution in [0, 0.1) is 10.7 Å². The van der Waals surface area contributed by atoms with E-state index >= 15 is 0 Å². The fourth-order valence-corrected chi connectivity index (χ4v) is 3.41. The first-order chi connectivity index (χ1) is 16.1. The number of aromatic nitrogens is 1. The Balaban J connectivity index is 2.01. The topological polar surface area (TPSA) is 88.9 Å². The van der Waals surface area contributed by atoms with Crippen LogP contribution < -0.4 is 4.90 Å². The number of anilines is 1. The Bertz CT molecular complexity index is 1160. The second kappa shape index (κ2) is 10.3. The number of rotatable bonds is 7. The van der Waals surface area contributed by atoms with Crippen LogP contribution in [0.3, 0.4) is 0 Å². The van der Waals surface area contributed by atoms with Gasteiger partial charge in [0.15, 0.2) is 11.8 Å². The highest BCUT2D eigenvalue weighted by molar-refractivity contribution is 6.01. The number of hydrogen-bond acceptors (Lipinski definition) is 6. The minimum Gasteiger partial charge on any atom is -0.443 e. The highest BCUT2D eigenvalue weighted by Gasteiger charge is 2.31. The molecule has 0 radical (unpaired) electrons. The summed E-state index contributed by atoms with van der Waals surface area (Å²) in [5.74, 6) is -0.892. The predicted molar refractivity (Wildman–Crippen MR) is 127 cm³/mol. The van der Waals surface area contributed by atoms with E-state index in [1.807, 2.05) is 37.3 Å². The summed E-state index contributed by atoms with van der Waals surface area (Å²) < 4.78 is 18.9. The predicted octanol–water partition coefficient (Wildman–Crippen LogP) is 6.41. The van der Waals surface area contributed by atoms with E-state index in [0.29, 0.717) is 0 Å². The molecule has 0 saturated heterocycles. The molecular formula is C26H26FN3O4. The van der Waals surface area contributed by atoms with Gasteiger partial charge in [0.1, 0.15) is 17.2 Å². The zero-order valence-corrected chi connectivity index (χ0v) is 19.4. The number of amides is 1. The van der Waals surface area contributed by atoms with Gasteiger partial charge in [-0.05, 0) is 75.2 Å². The summed E-state index contributed by atoms with van der Waals surface area (Å²) in [6.07, 6.45) is 0.768. The number of Topliss-reactive ketones (excluding diaryl/α,β-unsaturated/α-hetero) is 1. The summed E-state index contributed by atoms with van der Waals surface area (Å²) in [4.78, 5) is 43.5. The maximum Gasteiger partial charge on any atom is 0.416 e. The average Bonchev–Trinajstić information content (AvgIpc) is 2.80. The third-order valence-corrected chi connectivity index (χ3v) is 5.07. The van der Waals surface area contributed by atoms with Crippen LogP contribution in [0.2, 0.25) is 0 Å². The van der Waals surface area contributed by atoms with E-state index in [0.717, 1.165) is 17.7 Å². The Hall–Kier alpha value is -3.94. The first-order valence-electron chi connectivity index (χ1n) is 10.8. The zero-order valence-electron chi connectivity index (χ0n) is 19.4. The number of benzene rings is 2. The Labute approximate surface area is 197 Å². The Morgan fingerprint density at radius 1 is 1.00 bits per heavy atom. The van der Waals surface area contributed by atoms with Crippen LogP contribution in [0.25, 0.3) is 0 Å². The van der Waals surface area contributed by atoms with E-state index < -0.39 is 35.4 Å². The van der Waals surface area contributed by atoms with Gasteiger partial charge in [-0.15, -0.1) is 4.91 Å². The number of ketones is 1. The number of carbonyl (C=O) groups excluding carboxylic acids is 2. The first kappa shape index (κ1) is 24.7. The van der Waals surface area contributed by atoms with Gasteiger partial charge < -0.3 is 4.74 Å². The molecule has 3 aromatic rings. The quantitative estimate of drug-likeness (QED) is 0.298. The molecule has 1 heterocycles. The van der Waals surface area contributed by atoms with Crippen molar-refractivity contribution >= 4 is 17.7 Å². The zero-order chi connectivity index (χ0) is 24.9. The molecule has 1 aromatic heterocycles. The van der Waals surface area contributed by atoms with Crippen LogP contribution in [-0.4, -0.2) is 22.5 Å². The lowest BCUT2D eigenvalue weighted by atomic mass is 9.98. The van der Waals surface area contributed by atoms with Gasteiger partial charge in [0, 0.05) is 11.8 Å². The molecule has 0 aliphatic carbocycles. The molecule has 8 heteroatoms. The number of nitrogens with zero attached hydrogens (tertiary/aromatic N) is 3. The number of pyridine rings is 1. The molecule has 1 amide bonds.